The van der Waals surface area contributed by atoms with Crippen LogP contribution in [0, 0.1) is 0 Å². The third-order valence-corrected chi connectivity index (χ3v) is 2.42. The molecule has 1 aromatic rings. The van der Waals surface area contributed by atoms with Crippen molar-refractivity contribution in [1.29, 1.82) is 0 Å². The Balaban J connectivity index is 2.55. The summed E-state index contributed by atoms with van der Waals surface area (Å²) in [5.74, 6) is 1.29. The third-order valence-electron chi connectivity index (χ3n) is 2.42. The maximum absolute atomic E-state index is 5.67. The minimum Gasteiger partial charge on any atom is -0.373 e. The molecule has 92 valence electrons. The standard InChI is InChI=1S/C11H21N3O2/c1-4-5-9(15-3)11-13-10(16-14-11)7-6-8(2)12/h8-9H,4-7,12H2,1-3H3. The van der Waals surface area contributed by atoms with Crippen molar-refractivity contribution in [2.45, 2.75) is 51.7 Å². The number of hydrogen-bond acceptors (Lipinski definition) is 5. The molecule has 0 aliphatic rings. The number of nitrogens with two attached hydrogens (primary N) is 1. The van der Waals surface area contributed by atoms with Gasteiger partial charge in [0.1, 0.15) is 6.10 Å². The van der Waals surface area contributed by atoms with Gasteiger partial charge in [-0.25, -0.2) is 0 Å². The first-order valence-corrected chi connectivity index (χ1v) is 5.78. The second-order valence-electron chi connectivity index (χ2n) is 4.08. The minimum atomic E-state index is -0.0576. The van der Waals surface area contributed by atoms with Crippen LogP contribution in [0.3, 0.4) is 0 Å². The van der Waals surface area contributed by atoms with Crippen LogP contribution < -0.4 is 5.73 Å². The fourth-order valence-electron chi connectivity index (χ4n) is 1.47. The summed E-state index contributed by atoms with van der Waals surface area (Å²) in [7, 11) is 1.66. The Kier molecular flexibility index (Phi) is 5.42. The number of rotatable bonds is 7. The number of hydrogen-bond donors (Lipinski definition) is 1. The molecule has 1 rings (SSSR count). The van der Waals surface area contributed by atoms with Gasteiger partial charge in [-0.3, -0.25) is 0 Å². The minimum absolute atomic E-state index is 0.0576. The van der Waals surface area contributed by atoms with E-state index in [9.17, 15) is 0 Å². The summed E-state index contributed by atoms with van der Waals surface area (Å²) < 4.78 is 10.5. The zero-order valence-corrected chi connectivity index (χ0v) is 10.3. The second kappa shape index (κ2) is 6.60. The number of methoxy groups -OCH3 is 1. The Morgan fingerprint density at radius 2 is 2.19 bits per heavy atom. The van der Waals surface area contributed by atoms with Crippen LogP contribution in [0.25, 0.3) is 0 Å². The lowest BCUT2D eigenvalue weighted by Crippen LogP contribution is -2.15. The molecule has 0 aliphatic carbocycles. The summed E-state index contributed by atoms with van der Waals surface area (Å²) in [4.78, 5) is 4.31. The van der Waals surface area contributed by atoms with Crippen LogP contribution >= 0.6 is 0 Å². The molecule has 1 aromatic heterocycles. The van der Waals surface area contributed by atoms with Crippen LogP contribution in [0.4, 0.5) is 0 Å². The Morgan fingerprint density at radius 3 is 2.75 bits per heavy atom. The maximum atomic E-state index is 5.67. The SMILES string of the molecule is CCCC(OC)c1noc(CCC(C)N)n1. The highest BCUT2D eigenvalue weighted by Crippen LogP contribution is 2.19. The molecule has 0 aliphatic heterocycles. The van der Waals surface area contributed by atoms with Crippen molar-refractivity contribution in [2.24, 2.45) is 5.73 Å². The molecule has 5 heteroatoms. The Bertz CT molecular complexity index is 299. The molecule has 0 radical (unpaired) electrons. The van der Waals surface area contributed by atoms with Crippen molar-refractivity contribution in [2.75, 3.05) is 7.11 Å². The van der Waals surface area contributed by atoms with Gasteiger partial charge in [-0.1, -0.05) is 18.5 Å². The van der Waals surface area contributed by atoms with Gasteiger partial charge in [0.2, 0.25) is 11.7 Å². The van der Waals surface area contributed by atoms with Crippen LogP contribution in [-0.4, -0.2) is 23.3 Å². The highest BCUT2D eigenvalue weighted by Gasteiger charge is 2.16. The summed E-state index contributed by atoms with van der Waals surface area (Å²) >= 11 is 0. The van der Waals surface area contributed by atoms with Crippen molar-refractivity contribution >= 4 is 0 Å². The average molecular weight is 227 g/mol. The molecular formula is C11H21N3O2. The van der Waals surface area contributed by atoms with Gasteiger partial charge in [-0.2, -0.15) is 4.98 Å². The van der Waals surface area contributed by atoms with E-state index in [4.69, 9.17) is 15.0 Å². The van der Waals surface area contributed by atoms with E-state index in [0.717, 1.165) is 25.7 Å². The molecule has 5 nitrogen and oxygen atoms in total. The van der Waals surface area contributed by atoms with Crippen LogP contribution in [0.1, 0.15) is 50.9 Å². The average Bonchev–Trinajstić information content (AvgIpc) is 2.71. The number of nitrogens with zero attached hydrogens (tertiary/aromatic N) is 2. The Labute approximate surface area is 96.4 Å². The van der Waals surface area contributed by atoms with Crippen molar-refractivity contribution in [3.05, 3.63) is 11.7 Å². The molecule has 0 bridgehead atoms. The molecule has 0 amide bonds. The van der Waals surface area contributed by atoms with E-state index in [0.29, 0.717) is 11.7 Å². The van der Waals surface area contributed by atoms with E-state index in [1.54, 1.807) is 7.11 Å². The largest absolute Gasteiger partial charge is 0.373 e. The first kappa shape index (κ1) is 13.1. The van der Waals surface area contributed by atoms with Crippen molar-refractivity contribution < 1.29 is 9.26 Å². The Morgan fingerprint density at radius 1 is 1.44 bits per heavy atom. The zero-order valence-electron chi connectivity index (χ0n) is 10.3. The van der Waals surface area contributed by atoms with Crippen LogP contribution in [0.2, 0.25) is 0 Å². The van der Waals surface area contributed by atoms with Crippen molar-refractivity contribution in [3.8, 4) is 0 Å². The quantitative estimate of drug-likeness (QED) is 0.769. The fourth-order valence-corrected chi connectivity index (χ4v) is 1.47. The molecule has 1 heterocycles. The number of aryl methyl sites for hydroxylation is 1. The predicted octanol–water partition coefficient (Wildman–Crippen LogP) is 1.84. The lowest BCUT2D eigenvalue weighted by Gasteiger charge is -2.08. The Hall–Kier alpha value is -0.940. The molecule has 2 unspecified atom stereocenters. The summed E-state index contributed by atoms with van der Waals surface area (Å²) in [5, 5.41) is 3.93. The molecule has 16 heavy (non-hydrogen) atoms. The van der Waals surface area contributed by atoms with Gasteiger partial charge in [-0.05, 0) is 19.8 Å². The van der Waals surface area contributed by atoms with Gasteiger partial charge in [0.25, 0.3) is 0 Å². The molecule has 0 spiro atoms. The summed E-state index contributed by atoms with van der Waals surface area (Å²) in [6.45, 7) is 4.06. The van der Waals surface area contributed by atoms with Gasteiger partial charge >= 0.3 is 0 Å². The van der Waals surface area contributed by atoms with Gasteiger partial charge in [-0.15, -0.1) is 0 Å². The predicted molar refractivity (Wildman–Crippen MR) is 60.9 cm³/mol. The van der Waals surface area contributed by atoms with Crippen molar-refractivity contribution in [1.82, 2.24) is 10.1 Å². The smallest absolute Gasteiger partial charge is 0.226 e. The van der Waals surface area contributed by atoms with Crippen LogP contribution in [0.15, 0.2) is 4.52 Å². The zero-order chi connectivity index (χ0) is 12.0. The second-order valence-corrected chi connectivity index (χ2v) is 4.08. The molecule has 2 N–H and O–H groups in total. The number of ether oxygens (including phenoxy) is 1. The van der Waals surface area contributed by atoms with E-state index in [1.165, 1.54) is 0 Å². The van der Waals surface area contributed by atoms with Crippen LogP contribution in [0.5, 0.6) is 0 Å². The monoisotopic (exact) mass is 227 g/mol. The third kappa shape index (κ3) is 3.90. The normalized spacial score (nSPS) is 15.0. The lowest BCUT2D eigenvalue weighted by molar-refractivity contribution is 0.0854. The van der Waals surface area contributed by atoms with Gasteiger partial charge in [0.15, 0.2) is 0 Å². The number of aromatic nitrogens is 2. The van der Waals surface area contributed by atoms with Crippen LogP contribution in [-0.2, 0) is 11.2 Å². The lowest BCUT2D eigenvalue weighted by atomic mass is 10.2. The first-order valence-electron chi connectivity index (χ1n) is 5.78. The first-order chi connectivity index (χ1) is 7.67. The highest BCUT2D eigenvalue weighted by atomic mass is 16.5. The molecule has 0 saturated carbocycles. The van der Waals surface area contributed by atoms with Crippen molar-refractivity contribution in [3.63, 3.8) is 0 Å². The van der Waals surface area contributed by atoms with Gasteiger partial charge in [0.05, 0.1) is 0 Å². The van der Waals surface area contributed by atoms with Gasteiger partial charge in [0, 0.05) is 19.6 Å². The fraction of sp³-hybridized carbons (Fsp3) is 0.818. The summed E-state index contributed by atoms with van der Waals surface area (Å²) in [6.07, 6.45) is 3.46. The highest BCUT2D eigenvalue weighted by molar-refractivity contribution is 4.91. The van der Waals surface area contributed by atoms with E-state index >= 15 is 0 Å². The van der Waals surface area contributed by atoms with E-state index in [1.807, 2.05) is 6.92 Å². The van der Waals surface area contributed by atoms with Gasteiger partial charge < -0.3 is 15.0 Å². The summed E-state index contributed by atoms with van der Waals surface area (Å²) in [5.41, 5.74) is 5.67. The van der Waals surface area contributed by atoms with E-state index < -0.39 is 0 Å². The van der Waals surface area contributed by atoms with E-state index in [-0.39, 0.29) is 12.1 Å². The van der Waals surface area contributed by atoms with E-state index in [2.05, 4.69) is 17.1 Å². The summed E-state index contributed by atoms with van der Waals surface area (Å²) in [6, 6.07) is 0.157. The molecule has 2 atom stereocenters. The molecule has 0 saturated heterocycles. The topological polar surface area (TPSA) is 74.2 Å². The molecule has 0 fully saturated rings. The molecule has 0 aromatic carbocycles. The molecular weight excluding hydrogens is 206 g/mol. The maximum Gasteiger partial charge on any atom is 0.226 e.